The molecule has 0 unspecified atom stereocenters. The van der Waals surface area contributed by atoms with Gasteiger partial charge in [-0.05, 0) is 31.2 Å². The van der Waals surface area contributed by atoms with Gasteiger partial charge in [-0.1, -0.05) is 29.8 Å². The molecule has 0 saturated carbocycles. The number of carbonyl (C=O) groups excluding carboxylic acids is 1. The van der Waals surface area contributed by atoms with Crippen LogP contribution in [0.1, 0.15) is 33.2 Å². The van der Waals surface area contributed by atoms with Crippen LogP contribution in [0.25, 0.3) is 0 Å². The molecule has 3 nitrogen and oxygen atoms in total. The first-order valence-corrected chi connectivity index (χ1v) is 6.65. The van der Waals surface area contributed by atoms with Crippen LogP contribution in [0.4, 0.5) is 13.2 Å². The number of hydrogen-bond acceptors (Lipinski definition) is 3. The molecule has 2 rings (SSSR count). The van der Waals surface area contributed by atoms with Crippen LogP contribution in [0.5, 0.6) is 0 Å². The van der Waals surface area contributed by atoms with Gasteiger partial charge in [0.15, 0.2) is 0 Å². The highest BCUT2D eigenvalue weighted by Crippen LogP contribution is 2.36. The Hall–Kier alpha value is -2.81. The third kappa shape index (κ3) is 4.10. The number of nitriles is 1. The Bertz CT molecular complexity index is 728. The SMILES string of the molecule is Cc1ccc([C@H](OC(=O)c2ccc(C#N)cc2)C(F)(F)F)cc1. The van der Waals surface area contributed by atoms with Crippen LogP contribution in [-0.4, -0.2) is 12.1 Å². The average Bonchev–Trinajstić information content (AvgIpc) is 2.52. The van der Waals surface area contributed by atoms with Gasteiger partial charge in [0.1, 0.15) is 0 Å². The molecule has 0 heterocycles. The van der Waals surface area contributed by atoms with Crippen molar-refractivity contribution in [2.75, 3.05) is 0 Å². The Kier molecular flexibility index (Phi) is 4.70. The molecule has 23 heavy (non-hydrogen) atoms. The van der Waals surface area contributed by atoms with Crippen molar-refractivity contribution in [1.82, 2.24) is 0 Å². The van der Waals surface area contributed by atoms with E-state index in [1.54, 1.807) is 6.92 Å². The number of nitrogens with zero attached hydrogens (tertiary/aromatic N) is 1. The highest BCUT2D eigenvalue weighted by molar-refractivity contribution is 5.89. The fourth-order valence-corrected chi connectivity index (χ4v) is 1.92. The fraction of sp³-hybridized carbons (Fsp3) is 0.176. The highest BCUT2D eigenvalue weighted by atomic mass is 19.4. The van der Waals surface area contributed by atoms with Crippen molar-refractivity contribution < 1.29 is 22.7 Å². The molecular formula is C17H12F3NO2. The molecule has 6 heteroatoms. The fourth-order valence-electron chi connectivity index (χ4n) is 1.92. The van der Waals surface area contributed by atoms with Crippen LogP contribution in [0, 0.1) is 18.3 Å². The molecule has 2 aromatic rings. The van der Waals surface area contributed by atoms with E-state index in [9.17, 15) is 18.0 Å². The van der Waals surface area contributed by atoms with E-state index in [1.165, 1.54) is 48.5 Å². The summed E-state index contributed by atoms with van der Waals surface area (Å²) in [5.41, 5.74) is 0.899. The monoisotopic (exact) mass is 319 g/mol. The van der Waals surface area contributed by atoms with E-state index in [0.717, 1.165) is 5.56 Å². The molecule has 1 atom stereocenters. The molecule has 0 N–H and O–H groups in total. The Balaban J connectivity index is 2.25. The van der Waals surface area contributed by atoms with Crippen LogP contribution in [0.3, 0.4) is 0 Å². The number of carbonyl (C=O) groups is 1. The van der Waals surface area contributed by atoms with Gasteiger partial charge in [-0.25, -0.2) is 4.79 Å². The van der Waals surface area contributed by atoms with E-state index >= 15 is 0 Å². The van der Waals surface area contributed by atoms with E-state index in [-0.39, 0.29) is 11.1 Å². The zero-order chi connectivity index (χ0) is 17.0. The molecule has 0 aliphatic carbocycles. The summed E-state index contributed by atoms with van der Waals surface area (Å²) in [6.45, 7) is 1.75. The summed E-state index contributed by atoms with van der Waals surface area (Å²) >= 11 is 0. The standard InChI is InChI=1S/C17H12F3NO2/c1-11-2-6-13(7-3-11)15(17(18,19)20)23-16(22)14-8-4-12(10-21)5-9-14/h2-9,15H,1H3/t15-/m0/s1. The second kappa shape index (κ2) is 6.53. The van der Waals surface area contributed by atoms with E-state index in [2.05, 4.69) is 4.74 Å². The molecule has 0 amide bonds. The first-order chi connectivity index (χ1) is 10.8. The number of ether oxygens (including phenoxy) is 1. The molecule has 118 valence electrons. The van der Waals surface area contributed by atoms with Crippen molar-refractivity contribution >= 4 is 5.97 Å². The first kappa shape index (κ1) is 16.6. The Morgan fingerprint density at radius 1 is 1.09 bits per heavy atom. The number of halogens is 3. The van der Waals surface area contributed by atoms with Crippen molar-refractivity contribution in [3.63, 3.8) is 0 Å². The minimum atomic E-state index is -4.72. The predicted octanol–water partition coefficient (Wildman–Crippen LogP) is 4.33. The van der Waals surface area contributed by atoms with E-state index in [1.807, 2.05) is 6.07 Å². The summed E-state index contributed by atoms with van der Waals surface area (Å²) in [6.07, 6.45) is -7.07. The summed E-state index contributed by atoms with van der Waals surface area (Å²) in [5.74, 6) is -1.10. The summed E-state index contributed by atoms with van der Waals surface area (Å²) in [5, 5.41) is 8.68. The van der Waals surface area contributed by atoms with Gasteiger partial charge in [0.2, 0.25) is 6.10 Å². The van der Waals surface area contributed by atoms with Crippen LogP contribution < -0.4 is 0 Å². The molecule has 0 aliphatic heterocycles. The predicted molar refractivity (Wildman–Crippen MR) is 76.5 cm³/mol. The maximum Gasteiger partial charge on any atom is 0.429 e. The molecule has 2 aromatic carbocycles. The minimum absolute atomic E-state index is 0.0506. The second-order valence-corrected chi connectivity index (χ2v) is 4.93. The van der Waals surface area contributed by atoms with Crippen molar-refractivity contribution in [1.29, 1.82) is 5.26 Å². The van der Waals surface area contributed by atoms with Crippen molar-refractivity contribution in [3.05, 3.63) is 70.8 Å². The van der Waals surface area contributed by atoms with E-state index < -0.39 is 18.2 Å². The summed E-state index contributed by atoms with van der Waals surface area (Å²) < 4.78 is 44.2. The van der Waals surface area contributed by atoms with Crippen LogP contribution in [-0.2, 0) is 4.74 Å². The Labute approximate surface area is 130 Å². The van der Waals surface area contributed by atoms with Crippen molar-refractivity contribution in [3.8, 4) is 6.07 Å². The van der Waals surface area contributed by atoms with Gasteiger partial charge in [-0.2, -0.15) is 18.4 Å². The van der Waals surface area contributed by atoms with Gasteiger partial charge in [0, 0.05) is 5.56 Å². The lowest BCUT2D eigenvalue weighted by Gasteiger charge is -2.21. The lowest BCUT2D eigenvalue weighted by atomic mass is 10.1. The van der Waals surface area contributed by atoms with Crippen molar-refractivity contribution in [2.45, 2.75) is 19.2 Å². The van der Waals surface area contributed by atoms with Crippen molar-refractivity contribution in [2.24, 2.45) is 0 Å². The maximum absolute atomic E-state index is 13.2. The van der Waals surface area contributed by atoms with Gasteiger partial charge < -0.3 is 4.74 Å². The molecule has 0 spiro atoms. The second-order valence-electron chi connectivity index (χ2n) is 4.93. The van der Waals surface area contributed by atoms with Gasteiger partial charge >= 0.3 is 12.1 Å². The molecule has 0 fully saturated rings. The van der Waals surface area contributed by atoms with Crippen LogP contribution >= 0.6 is 0 Å². The molecule has 0 bridgehead atoms. The Morgan fingerprint density at radius 2 is 1.65 bits per heavy atom. The number of rotatable bonds is 3. The topological polar surface area (TPSA) is 50.1 Å². The summed E-state index contributed by atoms with van der Waals surface area (Å²) in [6, 6.07) is 12.6. The molecular weight excluding hydrogens is 307 g/mol. The summed E-state index contributed by atoms with van der Waals surface area (Å²) in [7, 11) is 0. The zero-order valence-corrected chi connectivity index (χ0v) is 12.1. The quantitative estimate of drug-likeness (QED) is 0.791. The van der Waals surface area contributed by atoms with E-state index in [4.69, 9.17) is 5.26 Å². The highest BCUT2D eigenvalue weighted by Gasteiger charge is 2.44. The number of esters is 1. The molecule has 0 radical (unpaired) electrons. The van der Waals surface area contributed by atoms with Gasteiger partial charge in [0.25, 0.3) is 0 Å². The zero-order valence-electron chi connectivity index (χ0n) is 12.1. The largest absolute Gasteiger partial charge is 0.444 e. The third-order valence-electron chi connectivity index (χ3n) is 3.15. The minimum Gasteiger partial charge on any atom is -0.444 e. The summed E-state index contributed by atoms with van der Waals surface area (Å²) in [4.78, 5) is 11.9. The molecule has 0 aromatic heterocycles. The molecule has 0 saturated heterocycles. The average molecular weight is 319 g/mol. The number of benzene rings is 2. The molecule has 0 aliphatic rings. The lowest BCUT2D eigenvalue weighted by Crippen LogP contribution is -2.26. The number of alkyl halides is 3. The normalized spacial score (nSPS) is 12.3. The smallest absolute Gasteiger partial charge is 0.429 e. The lowest BCUT2D eigenvalue weighted by molar-refractivity contribution is -0.207. The number of hydrogen-bond donors (Lipinski definition) is 0. The van der Waals surface area contributed by atoms with E-state index in [0.29, 0.717) is 5.56 Å². The number of aryl methyl sites for hydroxylation is 1. The van der Waals surface area contributed by atoms with Crippen LogP contribution in [0.15, 0.2) is 48.5 Å². The first-order valence-electron chi connectivity index (χ1n) is 6.65. The van der Waals surface area contributed by atoms with Gasteiger partial charge in [-0.15, -0.1) is 0 Å². The van der Waals surface area contributed by atoms with Gasteiger partial charge in [0.05, 0.1) is 17.2 Å². The Morgan fingerprint density at radius 3 is 2.13 bits per heavy atom. The van der Waals surface area contributed by atoms with Crippen LogP contribution in [0.2, 0.25) is 0 Å². The maximum atomic E-state index is 13.2. The van der Waals surface area contributed by atoms with Gasteiger partial charge in [-0.3, -0.25) is 0 Å². The third-order valence-corrected chi connectivity index (χ3v) is 3.15.